The quantitative estimate of drug-likeness (QED) is 0.549. The number of carbonyl (C=O) groups excluding carboxylic acids is 2. The van der Waals surface area contributed by atoms with Crippen LogP contribution in [0.4, 0.5) is 4.79 Å². The van der Waals surface area contributed by atoms with Crippen LogP contribution in [0, 0.1) is 0 Å². The maximum absolute atomic E-state index is 13.6. The second-order valence-corrected chi connectivity index (χ2v) is 16.2. The predicted molar refractivity (Wildman–Crippen MR) is 143 cm³/mol. The van der Waals surface area contributed by atoms with E-state index in [1.54, 1.807) is 20.8 Å². The van der Waals surface area contributed by atoms with E-state index in [-0.39, 0.29) is 17.6 Å². The van der Waals surface area contributed by atoms with Crippen LogP contribution in [-0.2, 0) is 18.7 Å². The fraction of sp³-hybridized carbons (Fsp3) is 0.517. The monoisotopic (exact) mass is 509 g/mol. The number of hydrogen-bond acceptors (Lipinski definition) is 5. The van der Waals surface area contributed by atoms with Crippen molar-refractivity contribution in [2.75, 3.05) is 13.2 Å². The second kappa shape index (κ2) is 9.76. The Morgan fingerprint density at radius 2 is 1.56 bits per heavy atom. The Hall–Kier alpha value is -2.48. The Morgan fingerprint density at radius 3 is 2.00 bits per heavy atom. The normalized spacial score (nSPS) is 22.9. The first kappa shape index (κ1) is 26.6. The van der Waals surface area contributed by atoms with Crippen molar-refractivity contribution in [2.24, 2.45) is 0 Å². The topological polar surface area (TPSA) is 65.1 Å². The average Bonchev–Trinajstić information content (AvgIpc) is 3.38. The van der Waals surface area contributed by atoms with Crippen LogP contribution < -0.4 is 10.4 Å². The molecule has 36 heavy (non-hydrogen) atoms. The number of ether oxygens (including phenoxy) is 2. The molecule has 2 amide bonds. The molecule has 1 unspecified atom stereocenters. The molecule has 6 nitrogen and oxygen atoms in total. The second-order valence-electron chi connectivity index (χ2n) is 11.9. The molecule has 2 saturated heterocycles. The van der Waals surface area contributed by atoms with Gasteiger partial charge < -0.3 is 13.9 Å². The summed E-state index contributed by atoms with van der Waals surface area (Å²) in [5.41, 5.74) is -1.68. The van der Waals surface area contributed by atoms with Crippen LogP contribution in [0.3, 0.4) is 0 Å². The zero-order valence-corrected chi connectivity index (χ0v) is 23.4. The Bertz CT molecular complexity index is 1030. The Labute approximate surface area is 216 Å². The van der Waals surface area contributed by atoms with Crippen molar-refractivity contribution in [1.29, 1.82) is 0 Å². The number of amides is 2. The van der Waals surface area contributed by atoms with Crippen molar-refractivity contribution in [1.82, 2.24) is 4.90 Å². The average molecular weight is 510 g/mol. The molecule has 2 aliphatic heterocycles. The van der Waals surface area contributed by atoms with Gasteiger partial charge in [0.2, 0.25) is 0 Å². The third-order valence-electron chi connectivity index (χ3n) is 7.14. The maximum atomic E-state index is 13.6. The number of hydrogen-bond donors (Lipinski definition) is 0. The lowest BCUT2D eigenvalue weighted by Crippen LogP contribution is -2.67. The van der Waals surface area contributed by atoms with Gasteiger partial charge in [-0.15, -0.1) is 0 Å². The Morgan fingerprint density at radius 1 is 1.00 bits per heavy atom. The van der Waals surface area contributed by atoms with Gasteiger partial charge in [0.25, 0.3) is 14.2 Å². The molecule has 0 aliphatic carbocycles. The van der Waals surface area contributed by atoms with Crippen molar-refractivity contribution in [3.05, 3.63) is 60.7 Å². The van der Waals surface area contributed by atoms with E-state index in [4.69, 9.17) is 13.9 Å². The highest BCUT2D eigenvalue weighted by Gasteiger charge is 2.58. The highest BCUT2D eigenvalue weighted by molar-refractivity contribution is 6.99. The summed E-state index contributed by atoms with van der Waals surface area (Å²) < 4.78 is 18.7. The van der Waals surface area contributed by atoms with Crippen molar-refractivity contribution < 1.29 is 23.5 Å². The highest BCUT2D eigenvalue weighted by Crippen LogP contribution is 2.42. The first-order valence-corrected chi connectivity index (χ1v) is 14.8. The van der Waals surface area contributed by atoms with E-state index in [9.17, 15) is 9.59 Å². The van der Waals surface area contributed by atoms with E-state index in [2.05, 4.69) is 45.0 Å². The molecular formula is C29H39NO5Si. The van der Waals surface area contributed by atoms with Gasteiger partial charge in [-0.3, -0.25) is 4.79 Å². The lowest BCUT2D eigenvalue weighted by atomic mass is 9.96. The summed E-state index contributed by atoms with van der Waals surface area (Å²) in [4.78, 5) is 28.1. The maximum Gasteiger partial charge on any atom is 0.417 e. The van der Waals surface area contributed by atoms with Crippen LogP contribution in [0.5, 0.6) is 0 Å². The number of likely N-dealkylation sites (tertiary alicyclic amines) is 1. The molecule has 1 spiro atoms. The molecular weight excluding hydrogens is 470 g/mol. The summed E-state index contributed by atoms with van der Waals surface area (Å²) in [6, 6.07) is 20.3. The summed E-state index contributed by atoms with van der Waals surface area (Å²) in [5, 5.41) is 2.10. The zero-order chi connectivity index (χ0) is 26.2. The standard InChI is InChI=1S/C29H39NO5Si/c1-27(2,3)35-26(32)30-22(20-29(25(30)31)18-13-19-33-29)21-34-36(28(4,5)6,23-14-9-7-10-15-23)24-16-11-8-12-17-24/h7-12,14-17,22H,13,18-21H2,1-6H3/t22?,29-/m0/s1. The van der Waals surface area contributed by atoms with Crippen LogP contribution in [0.2, 0.25) is 5.04 Å². The molecule has 2 aliphatic rings. The molecule has 0 radical (unpaired) electrons. The zero-order valence-electron chi connectivity index (χ0n) is 22.4. The lowest BCUT2D eigenvalue weighted by molar-refractivity contribution is -0.144. The van der Waals surface area contributed by atoms with E-state index in [0.717, 1.165) is 16.8 Å². The van der Waals surface area contributed by atoms with E-state index in [1.165, 1.54) is 4.90 Å². The largest absolute Gasteiger partial charge is 0.443 e. The van der Waals surface area contributed by atoms with Gasteiger partial charge in [-0.2, -0.15) is 0 Å². The third-order valence-corrected chi connectivity index (χ3v) is 12.1. The van der Waals surface area contributed by atoms with E-state index < -0.39 is 31.7 Å². The molecule has 2 fully saturated rings. The van der Waals surface area contributed by atoms with Crippen LogP contribution in [0.1, 0.15) is 60.8 Å². The molecule has 2 heterocycles. The number of nitrogens with zero attached hydrogens (tertiary/aromatic N) is 1. The minimum absolute atomic E-state index is 0.212. The Kier molecular flexibility index (Phi) is 7.21. The summed E-state index contributed by atoms with van der Waals surface area (Å²) in [6.45, 7) is 12.8. The van der Waals surface area contributed by atoms with E-state index >= 15 is 0 Å². The van der Waals surface area contributed by atoms with Gasteiger partial charge in [-0.1, -0.05) is 81.4 Å². The van der Waals surface area contributed by atoms with E-state index in [1.807, 2.05) is 36.4 Å². The van der Waals surface area contributed by atoms with Gasteiger partial charge in [0, 0.05) is 13.0 Å². The lowest BCUT2D eigenvalue weighted by Gasteiger charge is -2.43. The summed E-state index contributed by atoms with van der Waals surface area (Å²) in [6.07, 6.45) is 1.20. The number of benzene rings is 2. The molecule has 2 aromatic rings. The van der Waals surface area contributed by atoms with Crippen LogP contribution >= 0.6 is 0 Å². The van der Waals surface area contributed by atoms with Crippen molar-refractivity contribution in [2.45, 2.75) is 83.1 Å². The van der Waals surface area contributed by atoms with Crippen molar-refractivity contribution in [3.63, 3.8) is 0 Å². The molecule has 194 valence electrons. The third kappa shape index (κ3) is 4.88. The molecule has 0 saturated carbocycles. The van der Waals surface area contributed by atoms with Crippen molar-refractivity contribution >= 4 is 30.7 Å². The molecule has 0 N–H and O–H groups in total. The smallest absolute Gasteiger partial charge is 0.417 e. The van der Waals surface area contributed by atoms with Gasteiger partial charge in [0.1, 0.15) is 11.2 Å². The predicted octanol–water partition coefficient (Wildman–Crippen LogP) is 4.65. The molecule has 7 heteroatoms. The van der Waals surface area contributed by atoms with Gasteiger partial charge in [0.05, 0.1) is 12.6 Å². The van der Waals surface area contributed by atoms with E-state index in [0.29, 0.717) is 19.4 Å². The summed E-state index contributed by atoms with van der Waals surface area (Å²) in [5.74, 6) is -0.301. The fourth-order valence-electron chi connectivity index (χ4n) is 5.63. The first-order chi connectivity index (χ1) is 16.9. The molecule has 2 aromatic carbocycles. The minimum atomic E-state index is -2.83. The number of rotatable bonds is 5. The minimum Gasteiger partial charge on any atom is -0.443 e. The van der Waals surface area contributed by atoms with Crippen molar-refractivity contribution in [3.8, 4) is 0 Å². The van der Waals surface area contributed by atoms with Gasteiger partial charge in [-0.05, 0) is 49.0 Å². The highest BCUT2D eigenvalue weighted by atomic mass is 28.4. The number of carbonyl (C=O) groups is 2. The molecule has 0 aromatic heterocycles. The summed E-state index contributed by atoms with van der Waals surface area (Å²) in [7, 11) is -2.83. The number of imide groups is 1. The van der Waals surface area contributed by atoms with Crippen LogP contribution in [0.15, 0.2) is 60.7 Å². The van der Waals surface area contributed by atoms with Gasteiger partial charge in [0.15, 0.2) is 0 Å². The molecule has 2 atom stereocenters. The summed E-state index contributed by atoms with van der Waals surface area (Å²) >= 11 is 0. The van der Waals surface area contributed by atoms with Gasteiger partial charge >= 0.3 is 6.09 Å². The SMILES string of the molecule is CC(C)(C)OC(=O)N1C(=O)[C@]2(CCCO2)CC1CO[Si](c1ccccc1)(c1ccccc1)C(C)(C)C. The fourth-order valence-corrected chi connectivity index (χ4v) is 10.2. The molecule has 0 bridgehead atoms. The van der Waals surface area contributed by atoms with Crippen LogP contribution in [-0.4, -0.2) is 55.7 Å². The van der Waals surface area contributed by atoms with Gasteiger partial charge in [-0.25, -0.2) is 9.69 Å². The first-order valence-electron chi connectivity index (χ1n) is 12.9. The Balaban J connectivity index is 1.73. The van der Waals surface area contributed by atoms with Crippen LogP contribution in [0.25, 0.3) is 0 Å². The molecule has 4 rings (SSSR count).